The summed E-state index contributed by atoms with van der Waals surface area (Å²) < 4.78 is 57.2. The van der Waals surface area contributed by atoms with E-state index < -0.39 is 17.6 Å². The van der Waals surface area contributed by atoms with Crippen molar-refractivity contribution in [2.24, 2.45) is 0 Å². The number of alkyl halides is 3. The summed E-state index contributed by atoms with van der Waals surface area (Å²) in [4.78, 5) is 17.1. The van der Waals surface area contributed by atoms with Crippen LogP contribution in [0.4, 0.5) is 17.6 Å². The third kappa shape index (κ3) is 4.54. The van der Waals surface area contributed by atoms with Gasteiger partial charge in [-0.15, -0.1) is 0 Å². The third-order valence-electron chi connectivity index (χ3n) is 4.52. The molecule has 1 amide bonds. The van der Waals surface area contributed by atoms with E-state index in [9.17, 15) is 22.4 Å². The number of carbonyl (C=O) groups is 1. The summed E-state index contributed by atoms with van der Waals surface area (Å²) in [5.74, 6) is -0.816. The van der Waals surface area contributed by atoms with Gasteiger partial charge in [0.2, 0.25) is 0 Å². The molecule has 0 saturated carbocycles. The Morgan fingerprint density at radius 3 is 2.45 bits per heavy atom. The average molecular weight is 406 g/mol. The molecule has 0 aliphatic heterocycles. The predicted molar refractivity (Wildman–Crippen MR) is 99.8 cm³/mol. The molecule has 0 aliphatic rings. The fraction of sp³-hybridized carbons (Fsp3) is 0.238. The second-order valence-corrected chi connectivity index (χ2v) is 6.53. The van der Waals surface area contributed by atoms with Crippen LogP contribution in [0.15, 0.2) is 42.5 Å². The fourth-order valence-corrected chi connectivity index (χ4v) is 3.09. The maximum atomic E-state index is 13.0. The van der Waals surface area contributed by atoms with Crippen LogP contribution in [0, 0.1) is 12.7 Å². The van der Waals surface area contributed by atoms with Crippen molar-refractivity contribution in [1.29, 1.82) is 0 Å². The van der Waals surface area contributed by atoms with Gasteiger partial charge in [-0.25, -0.2) is 9.37 Å². The van der Waals surface area contributed by atoms with Gasteiger partial charge in [-0.1, -0.05) is 18.2 Å². The lowest BCUT2D eigenvalue weighted by Gasteiger charge is -2.16. The summed E-state index contributed by atoms with van der Waals surface area (Å²) >= 11 is 0. The second kappa shape index (κ2) is 8.16. The van der Waals surface area contributed by atoms with Crippen LogP contribution in [0.1, 0.15) is 32.7 Å². The molecule has 0 atom stereocenters. The van der Waals surface area contributed by atoms with Gasteiger partial charge in [0, 0.05) is 19.0 Å². The lowest BCUT2D eigenvalue weighted by molar-refractivity contribution is -0.137. The van der Waals surface area contributed by atoms with Gasteiger partial charge in [0.1, 0.15) is 5.82 Å². The lowest BCUT2D eigenvalue weighted by atomic mass is 9.99. The first-order chi connectivity index (χ1) is 13.7. The molecule has 0 unspecified atom stereocenters. The number of hydrogen-bond acceptors (Lipinski definition) is 3. The van der Waals surface area contributed by atoms with Gasteiger partial charge in [-0.05, 0) is 42.3 Å². The molecule has 2 aromatic carbocycles. The summed E-state index contributed by atoms with van der Waals surface area (Å²) in [6, 6.07) is 8.92. The van der Waals surface area contributed by atoms with Crippen LogP contribution in [0.5, 0.6) is 0 Å². The van der Waals surface area contributed by atoms with Gasteiger partial charge in [0.15, 0.2) is 0 Å². The third-order valence-corrected chi connectivity index (χ3v) is 4.52. The molecule has 3 aromatic rings. The number of aryl methyl sites for hydroxylation is 1. The largest absolute Gasteiger partial charge is 0.416 e. The van der Waals surface area contributed by atoms with E-state index in [1.165, 1.54) is 25.3 Å². The van der Waals surface area contributed by atoms with E-state index in [-0.39, 0.29) is 35.7 Å². The molecule has 1 aromatic heterocycles. The maximum absolute atomic E-state index is 13.0. The van der Waals surface area contributed by atoms with E-state index in [0.29, 0.717) is 16.5 Å². The zero-order valence-electron chi connectivity index (χ0n) is 15.7. The first-order valence-corrected chi connectivity index (χ1v) is 8.72. The van der Waals surface area contributed by atoms with E-state index in [2.05, 4.69) is 10.3 Å². The lowest BCUT2D eigenvalue weighted by Crippen LogP contribution is -2.26. The Morgan fingerprint density at radius 1 is 1.14 bits per heavy atom. The van der Waals surface area contributed by atoms with Crippen molar-refractivity contribution in [2.75, 3.05) is 7.11 Å². The molecular formula is C21H18F4N2O2. The monoisotopic (exact) mass is 406 g/mol. The highest BCUT2D eigenvalue weighted by molar-refractivity contribution is 6.01. The normalized spacial score (nSPS) is 11.7. The van der Waals surface area contributed by atoms with Crippen molar-refractivity contribution in [3.63, 3.8) is 0 Å². The first kappa shape index (κ1) is 20.7. The summed E-state index contributed by atoms with van der Waals surface area (Å²) in [5, 5.41) is 3.19. The molecule has 0 bridgehead atoms. The number of methoxy groups -OCH3 is 1. The molecule has 8 heteroatoms. The van der Waals surface area contributed by atoms with Crippen LogP contribution >= 0.6 is 0 Å². The van der Waals surface area contributed by atoms with Gasteiger partial charge in [-0.3, -0.25) is 4.79 Å². The summed E-state index contributed by atoms with van der Waals surface area (Å²) in [6.07, 6.45) is -4.49. The molecule has 0 aliphatic carbocycles. The Labute approximate surface area is 164 Å². The van der Waals surface area contributed by atoms with Crippen LogP contribution in [0.2, 0.25) is 0 Å². The molecule has 29 heavy (non-hydrogen) atoms. The van der Waals surface area contributed by atoms with E-state index in [0.717, 1.165) is 12.1 Å². The highest BCUT2D eigenvalue weighted by Crippen LogP contribution is 2.32. The van der Waals surface area contributed by atoms with Crippen molar-refractivity contribution in [1.82, 2.24) is 10.3 Å². The minimum atomic E-state index is -4.49. The van der Waals surface area contributed by atoms with Gasteiger partial charge in [0.25, 0.3) is 5.91 Å². The summed E-state index contributed by atoms with van der Waals surface area (Å²) in [5.41, 5.74) is 1.03. The number of rotatable bonds is 5. The molecule has 4 nitrogen and oxygen atoms in total. The zero-order chi connectivity index (χ0) is 21.2. The Hall–Kier alpha value is -3.00. The number of aromatic nitrogens is 1. The Bertz CT molecular complexity index is 1050. The van der Waals surface area contributed by atoms with E-state index >= 15 is 0 Å². The number of nitrogens with zero attached hydrogens (tertiary/aromatic N) is 1. The van der Waals surface area contributed by atoms with Crippen molar-refractivity contribution < 1.29 is 27.1 Å². The second-order valence-electron chi connectivity index (χ2n) is 6.53. The van der Waals surface area contributed by atoms with Gasteiger partial charge < -0.3 is 10.1 Å². The predicted octanol–water partition coefficient (Wildman–Crippen LogP) is 4.78. The van der Waals surface area contributed by atoms with Crippen molar-refractivity contribution in [3.8, 4) is 0 Å². The Morgan fingerprint density at radius 2 is 1.83 bits per heavy atom. The number of pyridine rings is 1. The van der Waals surface area contributed by atoms with Gasteiger partial charge >= 0.3 is 6.18 Å². The number of carbonyl (C=O) groups excluding carboxylic acids is 1. The van der Waals surface area contributed by atoms with Gasteiger partial charge in [0.05, 0.1) is 28.9 Å². The molecule has 152 valence electrons. The number of fused-ring (bicyclic) bond motifs is 1. The standard InChI is InChI=1S/C21H18F4N2O2/c1-12-16-8-5-14(21(23,24)25)9-17(16)27-18(11-29-2)19(12)20(28)26-10-13-3-6-15(22)7-4-13/h3-9H,10-11H2,1-2H3,(H,26,28). The number of benzene rings is 2. The minimum Gasteiger partial charge on any atom is -0.378 e. The molecule has 3 rings (SSSR count). The van der Waals surface area contributed by atoms with E-state index in [1.807, 2.05) is 0 Å². The molecule has 0 fully saturated rings. The summed E-state index contributed by atoms with van der Waals surface area (Å²) in [6.45, 7) is 1.78. The topological polar surface area (TPSA) is 51.2 Å². The van der Waals surface area contributed by atoms with Crippen LogP contribution in [0.3, 0.4) is 0 Å². The average Bonchev–Trinajstić information content (AvgIpc) is 2.66. The highest BCUT2D eigenvalue weighted by atomic mass is 19.4. The van der Waals surface area contributed by atoms with Crippen molar-refractivity contribution in [2.45, 2.75) is 26.3 Å². The summed E-state index contributed by atoms with van der Waals surface area (Å²) in [7, 11) is 1.41. The van der Waals surface area contributed by atoms with Crippen LogP contribution < -0.4 is 5.32 Å². The quantitative estimate of drug-likeness (QED) is 0.621. The maximum Gasteiger partial charge on any atom is 0.416 e. The van der Waals surface area contributed by atoms with Crippen LogP contribution in [-0.2, 0) is 24.1 Å². The van der Waals surface area contributed by atoms with Gasteiger partial charge in [-0.2, -0.15) is 13.2 Å². The number of halogens is 4. The molecule has 1 N–H and O–H groups in total. The highest BCUT2D eigenvalue weighted by Gasteiger charge is 2.31. The minimum absolute atomic E-state index is 0.0354. The number of nitrogens with one attached hydrogen (secondary N) is 1. The van der Waals surface area contributed by atoms with E-state index in [4.69, 9.17) is 4.74 Å². The fourth-order valence-electron chi connectivity index (χ4n) is 3.09. The van der Waals surface area contributed by atoms with Crippen LogP contribution in [-0.4, -0.2) is 18.0 Å². The number of ether oxygens (including phenoxy) is 1. The number of hydrogen-bond donors (Lipinski definition) is 1. The molecule has 0 spiro atoms. The molecular weight excluding hydrogens is 388 g/mol. The smallest absolute Gasteiger partial charge is 0.378 e. The number of amides is 1. The molecule has 0 saturated heterocycles. The molecule has 1 heterocycles. The Balaban J connectivity index is 1.98. The van der Waals surface area contributed by atoms with Crippen molar-refractivity contribution >= 4 is 16.8 Å². The van der Waals surface area contributed by atoms with E-state index in [1.54, 1.807) is 19.1 Å². The SMILES string of the molecule is COCc1nc2cc(C(F)(F)F)ccc2c(C)c1C(=O)NCc1ccc(F)cc1. The zero-order valence-corrected chi connectivity index (χ0v) is 15.7. The first-order valence-electron chi connectivity index (χ1n) is 8.72. The Kier molecular flexibility index (Phi) is 5.83. The van der Waals surface area contributed by atoms with Crippen LogP contribution in [0.25, 0.3) is 10.9 Å². The molecule has 0 radical (unpaired) electrons. The van der Waals surface area contributed by atoms with Crippen molar-refractivity contribution in [3.05, 3.63) is 76.2 Å².